The number of carboxylic acid groups (broad SMARTS) is 1. The molecule has 0 aliphatic heterocycles. The number of urea groups is 1. The Kier molecular flexibility index (Phi) is 6.38. The molecule has 4 N–H and O–H groups in total. The van der Waals surface area contributed by atoms with E-state index in [1.54, 1.807) is 0 Å². The van der Waals surface area contributed by atoms with Gasteiger partial charge in [-0.2, -0.15) is 4.98 Å². The molecule has 0 bridgehead atoms. The van der Waals surface area contributed by atoms with Crippen LogP contribution in [0.5, 0.6) is 11.6 Å². The summed E-state index contributed by atoms with van der Waals surface area (Å²) in [5.74, 6) is -2.02. The fourth-order valence-corrected chi connectivity index (χ4v) is 4.80. The van der Waals surface area contributed by atoms with Crippen LogP contribution < -0.4 is 20.3 Å². The number of anilines is 1. The summed E-state index contributed by atoms with van der Waals surface area (Å²) < 4.78 is 31.9. The van der Waals surface area contributed by atoms with Gasteiger partial charge in [0.2, 0.25) is 5.75 Å². The topological polar surface area (TPSA) is 177 Å². The molecule has 168 valence electrons. The molecule has 15 heteroatoms. The van der Waals surface area contributed by atoms with Gasteiger partial charge < -0.3 is 20.3 Å². The van der Waals surface area contributed by atoms with Gasteiger partial charge >= 0.3 is 12.2 Å². The molecule has 0 atom stereocenters. The van der Waals surface area contributed by atoms with Gasteiger partial charge in [-0.25, -0.2) is 22.7 Å². The molecule has 0 unspecified atom stereocenters. The van der Waals surface area contributed by atoms with Crippen LogP contribution in [0.4, 0.5) is 15.3 Å². The molecule has 2 aromatic heterocycles. The van der Waals surface area contributed by atoms with Crippen molar-refractivity contribution in [3.05, 3.63) is 51.1 Å². The monoisotopic (exact) mass is 500 g/mol. The predicted octanol–water partition coefficient (Wildman–Crippen LogP) is 2.44. The Labute approximate surface area is 188 Å². The van der Waals surface area contributed by atoms with E-state index >= 15 is 0 Å². The Hall–Kier alpha value is -3.62. The summed E-state index contributed by atoms with van der Waals surface area (Å²) >= 11 is 6.87. The number of ether oxygens (including phenoxy) is 1. The molecule has 0 saturated carbocycles. The number of carbonyl (C=O) groups excluding carboxylic acids is 1. The maximum absolute atomic E-state index is 12.4. The molecule has 3 aromatic rings. The SMILES string of the molecule is Cn1c(-c2sccc2NC(=O)NS(=O)(=O)c2ccccc2Cl)nc(OC(=O)O)c(O)c1=O. The summed E-state index contributed by atoms with van der Waals surface area (Å²) in [6.45, 7) is 0. The largest absolute Gasteiger partial charge is 0.512 e. The van der Waals surface area contributed by atoms with Crippen LogP contribution in [-0.4, -0.2) is 40.4 Å². The van der Waals surface area contributed by atoms with Crippen LogP contribution in [0, 0.1) is 0 Å². The van der Waals surface area contributed by atoms with Crippen LogP contribution in [-0.2, 0) is 17.1 Å². The number of nitrogens with one attached hydrogen (secondary N) is 2. The molecule has 0 fully saturated rings. The number of nitrogens with zero attached hydrogens (tertiary/aromatic N) is 2. The summed E-state index contributed by atoms with van der Waals surface area (Å²) in [6.07, 6.45) is -1.80. The normalized spacial score (nSPS) is 11.1. The van der Waals surface area contributed by atoms with Crippen molar-refractivity contribution in [3.63, 3.8) is 0 Å². The highest BCUT2D eigenvalue weighted by atomic mass is 35.5. The van der Waals surface area contributed by atoms with Gasteiger partial charge in [-0.05, 0) is 23.6 Å². The third-order valence-electron chi connectivity index (χ3n) is 3.89. The van der Waals surface area contributed by atoms with E-state index in [1.165, 1.54) is 42.8 Å². The van der Waals surface area contributed by atoms with Gasteiger partial charge in [0, 0.05) is 7.05 Å². The molecule has 2 heterocycles. The van der Waals surface area contributed by atoms with Gasteiger partial charge in [-0.15, -0.1) is 11.3 Å². The van der Waals surface area contributed by atoms with E-state index in [2.05, 4.69) is 15.0 Å². The molecular formula is C17H13ClN4O8S2. The van der Waals surface area contributed by atoms with E-state index in [0.717, 1.165) is 15.9 Å². The van der Waals surface area contributed by atoms with Crippen molar-refractivity contribution in [2.24, 2.45) is 7.05 Å². The number of thiophene rings is 1. The summed E-state index contributed by atoms with van der Waals surface area (Å²) in [7, 11) is -3.04. The number of hydrogen-bond donors (Lipinski definition) is 4. The van der Waals surface area contributed by atoms with E-state index in [1.807, 2.05) is 4.72 Å². The van der Waals surface area contributed by atoms with Gasteiger partial charge in [0.1, 0.15) is 4.90 Å². The Morgan fingerprint density at radius 2 is 1.94 bits per heavy atom. The molecule has 32 heavy (non-hydrogen) atoms. The smallest absolute Gasteiger partial charge is 0.499 e. The van der Waals surface area contributed by atoms with Gasteiger partial charge in [-0.3, -0.25) is 9.36 Å². The zero-order chi connectivity index (χ0) is 23.6. The van der Waals surface area contributed by atoms with E-state index in [4.69, 9.17) is 16.7 Å². The van der Waals surface area contributed by atoms with Gasteiger partial charge in [0.25, 0.3) is 21.5 Å². The second-order valence-electron chi connectivity index (χ2n) is 5.97. The Morgan fingerprint density at radius 3 is 2.59 bits per heavy atom. The predicted molar refractivity (Wildman–Crippen MR) is 114 cm³/mol. The molecule has 0 radical (unpaired) electrons. The van der Waals surface area contributed by atoms with Crippen LogP contribution >= 0.6 is 22.9 Å². The highest BCUT2D eigenvalue weighted by Crippen LogP contribution is 2.34. The molecule has 3 rings (SSSR count). The maximum atomic E-state index is 12.4. The number of aromatic hydroxyl groups is 1. The van der Waals surface area contributed by atoms with E-state index in [9.17, 15) is 27.9 Å². The van der Waals surface area contributed by atoms with Crippen molar-refractivity contribution in [1.29, 1.82) is 0 Å². The first-order chi connectivity index (χ1) is 15.0. The third-order valence-corrected chi connectivity index (χ3v) is 6.63. The number of halogens is 1. The van der Waals surface area contributed by atoms with Crippen molar-refractivity contribution in [2.75, 3.05) is 5.32 Å². The third kappa shape index (κ3) is 4.66. The molecular weight excluding hydrogens is 488 g/mol. The number of sulfonamides is 1. The Balaban J connectivity index is 1.92. The number of rotatable bonds is 5. The van der Waals surface area contributed by atoms with Gasteiger partial charge in [-0.1, -0.05) is 23.7 Å². The van der Waals surface area contributed by atoms with Crippen LogP contribution in [0.1, 0.15) is 0 Å². The lowest BCUT2D eigenvalue weighted by atomic mass is 10.3. The standard InChI is InChI=1S/C17H13ClN4O8S2/c1-22-13(20-14(30-17(26)27)11(23)15(22)24)12-9(6-7-31-12)19-16(25)21-32(28,29)10-5-3-2-4-8(10)18/h2-7,23H,1H3,(H,26,27)(H2,19,21,25). The van der Waals surface area contributed by atoms with Crippen molar-refractivity contribution in [1.82, 2.24) is 14.3 Å². The maximum Gasteiger partial charge on any atom is 0.512 e. The average Bonchev–Trinajstić information content (AvgIpc) is 3.15. The summed E-state index contributed by atoms with van der Waals surface area (Å²) in [5, 5.41) is 22.3. The van der Waals surface area contributed by atoms with Gasteiger partial charge in [0.15, 0.2) is 5.82 Å². The minimum atomic E-state index is -4.29. The number of aromatic nitrogens is 2. The minimum Gasteiger partial charge on any atom is -0.499 e. The number of benzene rings is 1. The zero-order valence-corrected chi connectivity index (χ0v) is 18.3. The molecule has 1 aromatic carbocycles. The summed E-state index contributed by atoms with van der Waals surface area (Å²) in [6, 6.07) is 5.79. The second-order valence-corrected chi connectivity index (χ2v) is 8.95. The fraction of sp³-hybridized carbons (Fsp3) is 0.0588. The quantitative estimate of drug-likeness (QED) is 0.383. The lowest BCUT2D eigenvalue weighted by Crippen LogP contribution is -2.34. The molecule has 2 amide bonds. The van der Waals surface area contributed by atoms with Crippen molar-refractivity contribution in [3.8, 4) is 22.3 Å². The van der Waals surface area contributed by atoms with E-state index < -0.39 is 39.4 Å². The van der Waals surface area contributed by atoms with Crippen LogP contribution in [0.15, 0.2) is 45.4 Å². The fourth-order valence-electron chi connectivity index (χ4n) is 2.50. The minimum absolute atomic E-state index is 0.0522. The highest BCUT2D eigenvalue weighted by Gasteiger charge is 2.24. The summed E-state index contributed by atoms with van der Waals surface area (Å²) in [4.78, 5) is 39.0. The number of amides is 2. The van der Waals surface area contributed by atoms with E-state index in [-0.39, 0.29) is 26.3 Å². The number of carbonyl (C=O) groups is 2. The van der Waals surface area contributed by atoms with Gasteiger partial charge in [0.05, 0.1) is 15.6 Å². The zero-order valence-electron chi connectivity index (χ0n) is 15.9. The lowest BCUT2D eigenvalue weighted by molar-refractivity contribution is 0.140. The number of hydrogen-bond acceptors (Lipinski definition) is 9. The Morgan fingerprint density at radius 1 is 1.25 bits per heavy atom. The second kappa shape index (κ2) is 8.86. The molecule has 12 nitrogen and oxygen atoms in total. The Bertz CT molecular complexity index is 1380. The average molecular weight is 501 g/mol. The molecule has 0 saturated heterocycles. The lowest BCUT2D eigenvalue weighted by Gasteiger charge is -2.12. The van der Waals surface area contributed by atoms with Crippen LogP contribution in [0.3, 0.4) is 0 Å². The highest BCUT2D eigenvalue weighted by molar-refractivity contribution is 7.90. The molecule has 0 spiro atoms. The van der Waals surface area contributed by atoms with Crippen molar-refractivity contribution >= 4 is 50.8 Å². The van der Waals surface area contributed by atoms with E-state index in [0.29, 0.717) is 0 Å². The van der Waals surface area contributed by atoms with Crippen LogP contribution in [0.25, 0.3) is 10.7 Å². The van der Waals surface area contributed by atoms with Crippen LogP contribution in [0.2, 0.25) is 5.02 Å². The molecule has 0 aliphatic carbocycles. The summed E-state index contributed by atoms with van der Waals surface area (Å²) in [5.41, 5.74) is -0.951. The first kappa shape index (κ1) is 23.1. The molecule has 0 aliphatic rings. The van der Waals surface area contributed by atoms with Crippen molar-refractivity contribution in [2.45, 2.75) is 4.90 Å². The van der Waals surface area contributed by atoms with Crippen molar-refractivity contribution < 1.29 is 33.0 Å². The first-order valence-corrected chi connectivity index (χ1v) is 11.1. The first-order valence-electron chi connectivity index (χ1n) is 8.38.